The lowest BCUT2D eigenvalue weighted by atomic mass is 9.77. The van der Waals surface area contributed by atoms with Crippen LogP contribution in [0, 0.1) is 23.4 Å². The molecule has 4 rings (SSSR count). The Morgan fingerprint density at radius 2 is 1.55 bits per heavy atom. The van der Waals surface area contributed by atoms with Crippen LogP contribution in [-0.2, 0) is 0 Å². The molecular weight excluding hydrogens is 442 g/mol. The van der Waals surface area contributed by atoms with Crippen molar-refractivity contribution in [1.82, 2.24) is 0 Å². The highest BCUT2D eigenvalue weighted by molar-refractivity contribution is 5.89. The molecule has 0 N–H and O–H groups in total. The molecular formula is C26H24F6O. The molecule has 7 heteroatoms. The zero-order chi connectivity index (χ0) is 23.8. The Labute approximate surface area is 188 Å². The smallest absolute Gasteiger partial charge is 0.399 e. The van der Waals surface area contributed by atoms with Crippen LogP contribution in [0.25, 0.3) is 21.9 Å². The minimum atomic E-state index is -5.25. The summed E-state index contributed by atoms with van der Waals surface area (Å²) in [5.41, 5.74) is 0.833. The Hall–Kier alpha value is -2.70. The molecule has 33 heavy (non-hydrogen) atoms. The standard InChI is InChI=1S/C26H24F6O/c1-2-3-15-4-6-16(7-5-15)17-8-10-20-18(12-17)9-11-21(24(20)29)19-13-22(27)25(23(28)14-19)33-26(30,31)32/h8-16H,2-7H2,1H3/t15-,16-. The monoisotopic (exact) mass is 466 g/mol. The molecule has 1 fully saturated rings. The second-order valence-electron chi connectivity index (χ2n) is 8.73. The highest BCUT2D eigenvalue weighted by atomic mass is 19.4. The second-order valence-corrected chi connectivity index (χ2v) is 8.73. The quantitative estimate of drug-likeness (QED) is 0.341. The van der Waals surface area contributed by atoms with Crippen molar-refractivity contribution in [1.29, 1.82) is 0 Å². The first kappa shape index (κ1) is 23.5. The highest BCUT2D eigenvalue weighted by Gasteiger charge is 2.34. The van der Waals surface area contributed by atoms with Crippen LogP contribution in [-0.4, -0.2) is 6.36 Å². The van der Waals surface area contributed by atoms with Crippen LogP contribution in [0.5, 0.6) is 5.75 Å². The lowest BCUT2D eigenvalue weighted by molar-refractivity contribution is -0.276. The average Bonchev–Trinajstić information content (AvgIpc) is 2.76. The molecule has 0 radical (unpaired) electrons. The van der Waals surface area contributed by atoms with Gasteiger partial charge in [-0.25, -0.2) is 13.2 Å². The van der Waals surface area contributed by atoms with Gasteiger partial charge < -0.3 is 4.74 Å². The van der Waals surface area contributed by atoms with E-state index < -0.39 is 29.6 Å². The van der Waals surface area contributed by atoms with Crippen molar-refractivity contribution >= 4 is 10.8 Å². The molecule has 1 nitrogen and oxygen atoms in total. The van der Waals surface area contributed by atoms with E-state index in [2.05, 4.69) is 11.7 Å². The number of halogens is 6. The number of fused-ring (bicyclic) bond motifs is 1. The van der Waals surface area contributed by atoms with Crippen molar-refractivity contribution in [3.05, 3.63) is 65.5 Å². The summed E-state index contributed by atoms with van der Waals surface area (Å²) in [6, 6.07) is 9.83. The van der Waals surface area contributed by atoms with Crippen molar-refractivity contribution in [2.45, 2.75) is 57.7 Å². The van der Waals surface area contributed by atoms with Gasteiger partial charge in [0.1, 0.15) is 5.82 Å². The van der Waals surface area contributed by atoms with E-state index in [4.69, 9.17) is 0 Å². The third kappa shape index (κ3) is 5.12. The minimum Gasteiger partial charge on any atom is -0.399 e. The Balaban J connectivity index is 1.62. The molecule has 1 aliphatic carbocycles. The molecule has 0 amide bonds. The summed E-state index contributed by atoms with van der Waals surface area (Å²) in [6.45, 7) is 2.20. The minimum absolute atomic E-state index is 0.105. The van der Waals surface area contributed by atoms with E-state index in [-0.39, 0.29) is 16.5 Å². The van der Waals surface area contributed by atoms with Crippen molar-refractivity contribution in [2.75, 3.05) is 0 Å². The predicted molar refractivity (Wildman–Crippen MR) is 116 cm³/mol. The highest BCUT2D eigenvalue weighted by Crippen LogP contribution is 2.40. The van der Waals surface area contributed by atoms with E-state index in [0.717, 1.165) is 24.3 Å². The van der Waals surface area contributed by atoms with Crippen LogP contribution >= 0.6 is 0 Å². The van der Waals surface area contributed by atoms with Gasteiger partial charge in [0.05, 0.1) is 0 Å². The molecule has 0 unspecified atom stereocenters. The van der Waals surface area contributed by atoms with Gasteiger partial charge in [0.2, 0.25) is 5.75 Å². The first-order valence-electron chi connectivity index (χ1n) is 11.1. The van der Waals surface area contributed by atoms with E-state index in [1.54, 1.807) is 12.1 Å². The molecule has 0 atom stereocenters. The fourth-order valence-electron chi connectivity index (χ4n) is 4.91. The van der Waals surface area contributed by atoms with E-state index in [1.807, 2.05) is 12.1 Å². The molecule has 3 aromatic carbocycles. The van der Waals surface area contributed by atoms with Crippen LogP contribution in [0.4, 0.5) is 26.3 Å². The van der Waals surface area contributed by atoms with Gasteiger partial charge in [-0.2, -0.15) is 0 Å². The zero-order valence-corrected chi connectivity index (χ0v) is 18.1. The fraction of sp³-hybridized carbons (Fsp3) is 0.385. The SMILES string of the molecule is CCC[C@H]1CC[C@H](c2ccc3c(F)c(-c4cc(F)c(OC(F)(F)F)c(F)c4)ccc3c2)CC1. The van der Waals surface area contributed by atoms with Gasteiger partial charge >= 0.3 is 6.36 Å². The average molecular weight is 466 g/mol. The van der Waals surface area contributed by atoms with Gasteiger partial charge in [0.25, 0.3) is 0 Å². The van der Waals surface area contributed by atoms with Crippen LogP contribution in [0.1, 0.15) is 56.9 Å². The van der Waals surface area contributed by atoms with E-state index >= 15 is 4.39 Å². The molecule has 1 aliphatic rings. The van der Waals surface area contributed by atoms with Gasteiger partial charge in [-0.3, -0.25) is 0 Å². The van der Waals surface area contributed by atoms with Gasteiger partial charge in [0, 0.05) is 10.9 Å². The first-order chi connectivity index (χ1) is 15.7. The van der Waals surface area contributed by atoms with Crippen LogP contribution in [0.2, 0.25) is 0 Å². The maximum Gasteiger partial charge on any atom is 0.573 e. The predicted octanol–water partition coefficient (Wildman–Crippen LogP) is 8.90. The van der Waals surface area contributed by atoms with Gasteiger partial charge in [-0.05, 0) is 66.2 Å². The Morgan fingerprint density at radius 3 is 2.15 bits per heavy atom. The third-order valence-corrected chi connectivity index (χ3v) is 6.52. The summed E-state index contributed by atoms with van der Waals surface area (Å²) in [5.74, 6) is -4.17. The van der Waals surface area contributed by atoms with Crippen molar-refractivity contribution in [2.24, 2.45) is 5.92 Å². The molecule has 3 aromatic rings. The largest absolute Gasteiger partial charge is 0.573 e. The van der Waals surface area contributed by atoms with Gasteiger partial charge in [-0.15, -0.1) is 13.2 Å². The molecule has 0 saturated heterocycles. The van der Waals surface area contributed by atoms with E-state index in [0.29, 0.717) is 23.4 Å². The summed E-state index contributed by atoms with van der Waals surface area (Å²) in [6.07, 6.45) is 1.78. The van der Waals surface area contributed by atoms with Crippen molar-refractivity contribution < 1.29 is 31.1 Å². The van der Waals surface area contributed by atoms with E-state index in [9.17, 15) is 22.0 Å². The maximum atomic E-state index is 15.2. The van der Waals surface area contributed by atoms with Crippen molar-refractivity contribution in [3.63, 3.8) is 0 Å². The Bertz CT molecular complexity index is 1120. The summed E-state index contributed by atoms with van der Waals surface area (Å²) in [5, 5.41) is 0.953. The second kappa shape index (κ2) is 9.27. The van der Waals surface area contributed by atoms with Crippen LogP contribution in [0.15, 0.2) is 42.5 Å². The first-order valence-corrected chi connectivity index (χ1v) is 11.1. The van der Waals surface area contributed by atoms with Gasteiger partial charge in [-0.1, -0.05) is 50.1 Å². The van der Waals surface area contributed by atoms with E-state index in [1.165, 1.54) is 31.7 Å². The molecule has 1 saturated carbocycles. The molecule has 0 aromatic heterocycles. The summed E-state index contributed by atoms with van der Waals surface area (Å²) >= 11 is 0. The molecule has 0 bridgehead atoms. The molecule has 176 valence electrons. The number of rotatable bonds is 5. The number of alkyl halides is 3. The maximum absolute atomic E-state index is 15.2. The normalized spacial score (nSPS) is 19.1. The topological polar surface area (TPSA) is 9.23 Å². The number of benzene rings is 3. The summed E-state index contributed by atoms with van der Waals surface area (Å²) < 4.78 is 84.0. The summed E-state index contributed by atoms with van der Waals surface area (Å²) in [4.78, 5) is 0. The van der Waals surface area contributed by atoms with Crippen LogP contribution in [0.3, 0.4) is 0 Å². The third-order valence-electron chi connectivity index (χ3n) is 6.52. The Morgan fingerprint density at radius 1 is 0.879 bits per heavy atom. The number of ether oxygens (including phenoxy) is 1. The lowest BCUT2D eigenvalue weighted by Crippen LogP contribution is -2.19. The fourth-order valence-corrected chi connectivity index (χ4v) is 4.91. The zero-order valence-electron chi connectivity index (χ0n) is 18.1. The number of hydrogen-bond acceptors (Lipinski definition) is 1. The molecule has 0 heterocycles. The Kier molecular flexibility index (Phi) is 6.59. The number of hydrogen-bond donors (Lipinski definition) is 0. The summed E-state index contributed by atoms with van der Waals surface area (Å²) in [7, 11) is 0. The van der Waals surface area contributed by atoms with Crippen molar-refractivity contribution in [3.8, 4) is 16.9 Å². The van der Waals surface area contributed by atoms with Gasteiger partial charge in [0.15, 0.2) is 11.6 Å². The van der Waals surface area contributed by atoms with Crippen LogP contribution < -0.4 is 4.74 Å². The molecule has 0 aliphatic heterocycles. The lowest BCUT2D eigenvalue weighted by Gasteiger charge is -2.28. The molecule has 0 spiro atoms.